The lowest BCUT2D eigenvalue weighted by atomic mass is 9.90. The summed E-state index contributed by atoms with van der Waals surface area (Å²) in [6.07, 6.45) is 0.0155. The molecule has 1 aromatic carbocycles. The highest BCUT2D eigenvalue weighted by molar-refractivity contribution is 5.98. The molecule has 1 atom stereocenters. The number of halogens is 2. The zero-order valence-corrected chi connectivity index (χ0v) is 12.6. The highest BCUT2D eigenvalue weighted by atomic mass is 19.1. The van der Waals surface area contributed by atoms with Crippen LogP contribution in [0.4, 0.5) is 8.78 Å². The average molecular weight is 325 g/mol. The van der Waals surface area contributed by atoms with E-state index >= 15 is 0 Å². The van der Waals surface area contributed by atoms with Crippen molar-refractivity contribution in [2.45, 2.75) is 26.2 Å². The van der Waals surface area contributed by atoms with Crippen molar-refractivity contribution in [1.29, 1.82) is 0 Å². The number of amides is 1. The van der Waals surface area contributed by atoms with E-state index in [1.807, 2.05) is 0 Å². The van der Waals surface area contributed by atoms with Gasteiger partial charge in [0.05, 0.1) is 11.0 Å². The first-order chi connectivity index (χ1) is 10.7. The average Bonchev–Trinajstić information content (AvgIpc) is 2.88. The monoisotopic (exact) mass is 325 g/mol. The fourth-order valence-corrected chi connectivity index (χ4v) is 2.58. The Morgan fingerprint density at radius 2 is 1.96 bits per heavy atom. The van der Waals surface area contributed by atoms with Crippen molar-refractivity contribution in [3.05, 3.63) is 35.4 Å². The molecule has 5 nitrogen and oxygen atoms in total. The lowest BCUT2D eigenvalue weighted by Crippen LogP contribution is -2.35. The van der Waals surface area contributed by atoms with E-state index < -0.39 is 28.8 Å². The number of hydrogen-bond donors (Lipinski definition) is 1. The summed E-state index contributed by atoms with van der Waals surface area (Å²) in [6, 6.07) is 2.65. The number of carboxylic acids is 1. The van der Waals surface area contributed by atoms with E-state index in [-0.39, 0.29) is 30.9 Å². The number of benzene rings is 1. The van der Waals surface area contributed by atoms with Gasteiger partial charge >= 0.3 is 5.97 Å². The summed E-state index contributed by atoms with van der Waals surface area (Å²) < 4.78 is 26.3. The van der Waals surface area contributed by atoms with Crippen molar-refractivity contribution in [2.75, 3.05) is 13.1 Å². The second kappa shape index (κ2) is 6.44. The summed E-state index contributed by atoms with van der Waals surface area (Å²) in [5.74, 6) is -3.62. The molecule has 1 fully saturated rings. The van der Waals surface area contributed by atoms with Crippen LogP contribution in [0.15, 0.2) is 18.2 Å². The largest absolute Gasteiger partial charge is 0.481 e. The summed E-state index contributed by atoms with van der Waals surface area (Å²) in [4.78, 5) is 36.5. The second-order valence-corrected chi connectivity index (χ2v) is 5.98. The van der Waals surface area contributed by atoms with E-state index in [4.69, 9.17) is 5.11 Å². The number of carbonyl (C=O) groups excluding carboxylic acids is 2. The van der Waals surface area contributed by atoms with Gasteiger partial charge in [-0.25, -0.2) is 8.78 Å². The van der Waals surface area contributed by atoms with Crippen LogP contribution in [0.1, 0.15) is 36.5 Å². The third-order valence-corrected chi connectivity index (χ3v) is 4.14. The summed E-state index contributed by atoms with van der Waals surface area (Å²) in [5.41, 5.74) is -1.22. The quantitative estimate of drug-likeness (QED) is 0.843. The Hall–Kier alpha value is -2.31. The van der Waals surface area contributed by atoms with Crippen LogP contribution in [-0.2, 0) is 9.59 Å². The molecule has 1 saturated heterocycles. The molecule has 1 aliphatic heterocycles. The minimum absolute atomic E-state index is 0.0975. The van der Waals surface area contributed by atoms with Crippen LogP contribution >= 0.6 is 0 Å². The van der Waals surface area contributed by atoms with Crippen molar-refractivity contribution in [1.82, 2.24) is 4.90 Å². The number of rotatable bonds is 5. The van der Waals surface area contributed by atoms with Crippen LogP contribution in [0.2, 0.25) is 0 Å². The number of aliphatic carboxylic acids is 1. The highest BCUT2D eigenvalue weighted by Crippen LogP contribution is 2.30. The topological polar surface area (TPSA) is 74.7 Å². The van der Waals surface area contributed by atoms with Gasteiger partial charge < -0.3 is 10.0 Å². The number of carboxylic acid groups (broad SMARTS) is 1. The van der Waals surface area contributed by atoms with Crippen LogP contribution in [0.3, 0.4) is 0 Å². The molecule has 124 valence electrons. The van der Waals surface area contributed by atoms with E-state index in [9.17, 15) is 23.2 Å². The molecule has 0 aromatic heterocycles. The number of hydrogen-bond acceptors (Lipinski definition) is 3. The standard InChI is InChI=1S/C16H17F2NO4/c1-16(15(22)23)6-7-19(9-16)14(21)5-4-13(20)11-3-2-10(17)8-12(11)18/h2-3,8H,4-7,9H2,1H3,(H,22,23). The molecule has 1 unspecified atom stereocenters. The molecule has 0 aliphatic carbocycles. The van der Waals surface area contributed by atoms with Crippen molar-refractivity contribution < 1.29 is 28.3 Å². The van der Waals surface area contributed by atoms with Crippen molar-refractivity contribution >= 4 is 17.7 Å². The Kier molecular flexibility index (Phi) is 4.77. The van der Waals surface area contributed by atoms with Gasteiger partial charge in [0, 0.05) is 32.0 Å². The molecule has 1 heterocycles. The number of carbonyl (C=O) groups is 3. The predicted molar refractivity (Wildman–Crippen MR) is 76.9 cm³/mol. The number of nitrogens with zero attached hydrogens (tertiary/aromatic N) is 1. The van der Waals surface area contributed by atoms with Gasteiger partial charge in [0.1, 0.15) is 11.6 Å². The zero-order chi connectivity index (χ0) is 17.2. The number of likely N-dealkylation sites (tertiary alicyclic amines) is 1. The molecule has 0 radical (unpaired) electrons. The summed E-state index contributed by atoms with van der Waals surface area (Å²) >= 11 is 0. The molecule has 1 amide bonds. The molecule has 1 N–H and O–H groups in total. The maximum Gasteiger partial charge on any atom is 0.311 e. The van der Waals surface area contributed by atoms with Crippen LogP contribution in [0, 0.1) is 17.0 Å². The van der Waals surface area contributed by atoms with Gasteiger partial charge in [0.2, 0.25) is 5.91 Å². The molecule has 1 aliphatic rings. The Morgan fingerprint density at radius 3 is 2.52 bits per heavy atom. The maximum atomic E-state index is 13.5. The van der Waals surface area contributed by atoms with Crippen molar-refractivity contribution in [3.8, 4) is 0 Å². The fraction of sp³-hybridized carbons (Fsp3) is 0.438. The zero-order valence-electron chi connectivity index (χ0n) is 12.6. The first-order valence-corrected chi connectivity index (χ1v) is 7.22. The van der Waals surface area contributed by atoms with Crippen LogP contribution in [0.5, 0.6) is 0 Å². The van der Waals surface area contributed by atoms with E-state index in [0.29, 0.717) is 19.0 Å². The van der Waals surface area contributed by atoms with Crippen molar-refractivity contribution in [3.63, 3.8) is 0 Å². The normalized spacial score (nSPS) is 20.6. The third-order valence-electron chi connectivity index (χ3n) is 4.14. The summed E-state index contributed by atoms with van der Waals surface area (Å²) in [6.45, 7) is 1.99. The number of Topliss-reactive ketones (excluding diaryl/α,β-unsaturated/α-hetero) is 1. The SMILES string of the molecule is CC1(C(=O)O)CCN(C(=O)CCC(=O)c2ccc(F)cc2F)C1. The lowest BCUT2D eigenvalue weighted by molar-refractivity contribution is -0.147. The fourth-order valence-electron chi connectivity index (χ4n) is 2.58. The Balaban J connectivity index is 1.92. The minimum atomic E-state index is -0.970. The third kappa shape index (κ3) is 3.72. The van der Waals surface area contributed by atoms with Gasteiger partial charge in [-0.2, -0.15) is 0 Å². The Bertz CT molecular complexity index is 661. The first kappa shape index (κ1) is 17.1. The van der Waals surface area contributed by atoms with Gasteiger partial charge in [-0.05, 0) is 25.5 Å². The Labute approximate surface area is 131 Å². The second-order valence-electron chi connectivity index (χ2n) is 5.98. The van der Waals surface area contributed by atoms with E-state index in [1.165, 1.54) is 4.90 Å². The van der Waals surface area contributed by atoms with Gasteiger partial charge in [0.25, 0.3) is 0 Å². The predicted octanol–water partition coefficient (Wildman–Crippen LogP) is 2.25. The molecule has 2 rings (SSSR count). The highest BCUT2D eigenvalue weighted by Gasteiger charge is 2.41. The molecule has 0 saturated carbocycles. The van der Waals surface area contributed by atoms with Gasteiger partial charge in [-0.15, -0.1) is 0 Å². The molecular formula is C16H17F2NO4. The first-order valence-electron chi connectivity index (χ1n) is 7.22. The van der Waals surface area contributed by atoms with E-state index in [2.05, 4.69) is 0 Å². The van der Waals surface area contributed by atoms with Gasteiger partial charge in [-0.1, -0.05) is 0 Å². The lowest BCUT2D eigenvalue weighted by Gasteiger charge is -2.20. The molecule has 0 spiro atoms. The van der Waals surface area contributed by atoms with Crippen molar-refractivity contribution in [2.24, 2.45) is 5.41 Å². The van der Waals surface area contributed by atoms with Crippen LogP contribution in [-0.4, -0.2) is 40.8 Å². The van der Waals surface area contributed by atoms with Crippen LogP contribution < -0.4 is 0 Å². The summed E-state index contributed by atoms with van der Waals surface area (Å²) in [7, 11) is 0. The molecule has 23 heavy (non-hydrogen) atoms. The summed E-state index contributed by atoms with van der Waals surface area (Å²) in [5, 5.41) is 9.13. The van der Waals surface area contributed by atoms with E-state index in [0.717, 1.165) is 12.1 Å². The van der Waals surface area contributed by atoms with Gasteiger partial charge in [0.15, 0.2) is 5.78 Å². The molecule has 0 bridgehead atoms. The Morgan fingerprint density at radius 1 is 1.26 bits per heavy atom. The molecule has 1 aromatic rings. The maximum absolute atomic E-state index is 13.5. The van der Waals surface area contributed by atoms with Gasteiger partial charge in [-0.3, -0.25) is 14.4 Å². The smallest absolute Gasteiger partial charge is 0.311 e. The number of ketones is 1. The van der Waals surface area contributed by atoms with E-state index in [1.54, 1.807) is 6.92 Å². The minimum Gasteiger partial charge on any atom is -0.481 e. The molecule has 7 heteroatoms. The van der Waals surface area contributed by atoms with Crippen LogP contribution in [0.25, 0.3) is 0 Å². The molecular weight excluding hydrogens is 308 g/mol.